The van der Waals surface area contributed by atoms with E-state index < -0.39 is 11.7 Å². The first kappa shape index (κ1) is 13.1. The van der Waals surface area contributed by atoms with Crippen LogP contribution < -0.4 is 11.1 Å². The van der Waals surface area contributed by atoms with Crippen molar-refractivity contribution in [1.82, 2.24) is 9.78 Å². The second-order valence-electron chi connectivity index (χ2n) is 4.20. The summed E-state index contributed by atoms with van der Waals surface area (Å²) < 4.78 is 15.1. The number of nitrogens with zero attached hydrogens (tertiary/aromatic N) is 2. The van der Waals surface area contributed by atoms with E-state index in [0.29, 0.717) is 6.54 Å². The molecule has 0 saturated heterocycles. The van der Waals surface area contributed by atoms with Crippen LogP contribution in [0.1, 0.15) is 23.0 Å². The normalized spacial score (nSPS) is 10.5. The molecule has 5 nitrogen and oxygen atoms in total. The third-order valence-corrected chi connectivity index (χ3v) is 2.75. The summed E-state index contributed by atoms with van der Waals surface area (Å²) >= 11 is 0. The van der Waals surface area contributed by atoms with Crippen molar-refractivity contribution in [3.63, 3.8) is 0 Å². The number of nitrogen functional groups attached to an aromatic ring is 1. The number of carbonyl (C=O) groups excluding carboxylic acids is 1. The molecule has 0 radical (unpaired) electrons. The number of aryl methyl sites for hydroxylation is 2. The molecule has 0 aliphatic rings. The number of amides is 1. The van der Waals surface area contributed by atoms with Crippen LogP contribution in [0.5, 0.6) is 0 Å². The largest absolute Gasteiger partial charge is 0.396 e. The molecule has 1 amide bonds. The summed E-state index contributed by atoms with van der Waals surface area (Å²) in [4.78, 5) is 12.1. The van der Waals surface area contributed by atoms with Crippen molar-refractivity contribution in [2.24, 2.45) is 0 Å². The number of nitrogens with two attached hydrogens (primary N) is 1. The predicted octanol–water partition coefficient (Wildman–Crippen LogP) is 2.19. The Balaban J connectivity index is 2.30. The highest BCUT2D eigenvalue weighted by atomic mass is 19.1. The number of benzene rings is 1. The van der Waals surface area contributed by atoms with Crippen molar-refractivity contribution in [2.45, 2.75) is 20.4 Å². The molecule has 0 saturated carbocycles. The van der Waals surface area contributed by atoms with E-state index in [2.05, 4.69) is 10.4 Å². The van der Waals surface area contributed by atoms with Crippen molar-refractivity contribution in [2.75, 3.05) is 11.1 Å². The molecule has 2 aromatic rings. The van der Waals surface area contributed by atoms with E-state index in [1.807, 2.05) is 13.8 Å². The molecule has 0 fully saturated rings. The minimum absolute atomic E-state index is 0.133. The Hall–Kier alpha value is -2.37. The van der Waals surface area contributed by atoms with E-state index in [4.69, 9.17) is 5.73 Å². The first-order chi connectivity index (χ1) is 9.02. The summed E-state index contributed by atoms with van der Waals surface area (Å²) in [7, 11) is 0. The highest BCUT2D eigenvalue weighted by Gasteiger charge is 2.17. The van der Waals surface area contributed by atoms with Crippen LogP contribution in [0, 0.1) is 12.7 Å². The molecule has 0 spiro atoms. The van der Waals surface area contributed by atoms with Crippen LogP contribution in [0.3, 0.4) is 0 Å². The lowest BCUT2D eigenvalue weighted by atomic mass is 10.2. The van der Waals surface area contributed by atoms with E-state index in [0.717, 1.165) is 5.56 Å². The van der Waals surface area contributed by atoms with E-state index in [9.17, 15) is 9.18 Å². The standard InChI is InChI=1S/C13H15FN4O/c1-3-18-12(10(15)7-16-18)13(19)17-11-6-8(2)4-5-9(11)14/h4-7H,3,15H2,1-2H3,(H,17,19). The molecule has 1 heterocycles. The summed E-state index contributed by atoms with van der Waals surface area (Å²) in [5.41, 5.74) is 7.20. The topological polar surface area (TPSA) is 72.9 Å². The quantitative estimate of drug-likeness (QED) is 0.890. The fourth-order valence-electron chi connectivity index (χ4n) is 1.80. The molecule has 1 aromatic heterocycles. The lowest BCUT2D eigenvalue weighted by molar-refractivity contribution is 0.101. The maximum absolute atomic E-state index is 13.6. The second-order valence-corrected chi connectivity index (χ2v) is 4.20. The van der Waals surface area contributed by atoms with Gasteiger partial charge in [0.2, 0.25) is 0 Å². The number of aromatic nitrogens is 2. The highest BCUT2D eigenvalue weighted by molar-refractivity contribution is 6.06. The summed E-state index contributed by atoms with van der Waals surface area (Å²) in [6.45, 7) is 4.17. The Labute approximate surface area is 110 Å². The molecule has 100 valence electrons. The fraction of sp³-hybridized carbons (Fsp3) is 0.231. The first-order valence-corrected chi connectivity index (χ1v) is 5.91. The van der Waals surface area contributed by atoms with Crippen LogP contribution in [-0.4, -0.2) is 15.7 Å². The molecule has 6 heteroatoms. The minimum Gasteiger partial charge on any atom is -0.396 e. The third kappa shape index (κ3) is 2.57. The minimum atomic E-state index is -0.486. The summed E-state index contributed by atoms with van der Waals surface area (Å²) in [5, 5.41) is 6.49. The van der Waals surface area contributed by atoms with Gasteiger partial charge in [-0.2, -0.15) is 5.10 Å². The van der Waals surface area contributed by atoms with Gasteiger partial charge in [-0.1, -0.05) is 6.07 Å². The molecule has 0 unspecified atom stereocenters. The molecule has 3 N–H and O–H groups in total. The van der Waals surface area contributed by atoms with Crippen LogP contribution in [0.15, 0.2) is 24.4 Å². The van der Waals surface area contributed by atoms with Gasteiger partial charge in [-0.05, 0) is 31.5 Å². The molecule has 0 aliphatic heterocycles. The van der Waals surface area contributed by atoms with Crippen molar-refractivity contribution in [3.8, 4) is 0 Å². The third-order valence-electron chi connectivity index (χ3n) is 2.75. The van der Waals surface area contributed by atoms with Gasteiger partial charge in [0.25, 0.3) is 5.91 Å². The lowest BCUT2D eigenvalue weighted by Gasteiger charge is -2.09. The fourth-order valence-corrected chi connectivity index (χ4v) is 1.80. The second kappa shape index (κ2) is 5.09. The average Bonchev–Trinajstić information content (AvgIpc) is 2.75. The Bertz CT molecular complexity index is 621. The van der Waals surface area contributed by atoms with Crippen LogP contribution in [-0.2, 0) is 6.54 Å². The van der Waals surface area contributed by atoms with Gasteiger partial charge in [0.05, 0.1) is 17.6 Å². The molecule has 19 heavy (non-hydrogen) atoms. The first-order valence-electron chi connectivity index (χ1n) is 5.91. The number of nitrogens with one attached hydrogen (secondary N) is 1. The number of anilines is 2. The van der Waals surface area contributed by atoms with Gasteiger partial charge >= 0.3 is 0 Å². The van der Waals surface area contributed by atoms with E-state index >= 15 is 0 Å². The average molecular weight is 262 g/mol. The maximum atomic E-state index is 13.6. The summed E-state index contributed by atoms with van der Waals surface area (Å²) in [6, 6.07) is 4.51. The van der Waals surface area contributed by atoms with E-state index in [1.165, 1.54) is 16.9 Å². The molecule has 2 rings (SSSR count). The number of hydrogen-bond acceptors (Lipinski definition) is 3. The number of halogens is 1. The van der Waals surface area contributed by atoms with Crippen LogP contribution in [0.2, 0.25) is 0 Å². The summed E-state index contributed by atoms with van der Waals surface area (Å²) in [5.74, 6) is -0.957. The van der Waals surface area contributed by atoms with Crippen molar-refractivity contribution in [1.29, 1.82) is 0 Å². The van der Waals surface area contributed by atoms with Gasteiger partial charge < -0.3 is 11.1 Å². The van der Waals surface area contributed by atoms with E-state index in [1.54, 1.807) is 12.1 Å². The number of hydrogen-bond donors (Lipinski definition) is 2. The Morgan fingerprint density at radius 1 is 1.53 bits per heavy atom. The molecule has 0 bridgehead atoms. The van der Waals surface area contributed by atoms with Crippen molar-refractivity contribution < 1.29 is 9.18 Å². The summed E-state index contributed by atoms with van der Waals surface area (Å²) in [6.07, 6.45) is 1.41. The SMILES string of the molecule is CCn1ncc(N)c1C(=O)Nc1cc(C)ccc1F. The highest BCUT2D eigenvalue weighted by Crippen LogP contribution is 2.18. The van der Waals surface area contributed by atoms with Gasteiger partial charge in [-0.3, -0.25) is 9.48 Å². The molecular weight excluding hydrogens is 247 g/mol. The van der Waals surface area contributed by atoms with Crippen LogP contribution in [0.25, 0.3) is 0 Å². The lowest BCUT2D eigenvalue weighted by Crippen LogP contribution is -2.19. The molecular formula is C13H15FN4O. The van der Waals surface area contributed by atoms with Gasteiger partial charge in [-0.25, -0.2) is 4.39 Å². The zero-order valence-corrected chi connectivity index (χ0v) is 10.8. The van der Waals surface area contributed by atoms with Crippen LogP contribution in [0.4, 0.5) is 15.8 Å². The molecule has 1 aromatic carbocycles. The number of rotatable bonds is 3. The number of carbonyl (C=O) groups is 1. The maximum Gasteiger partial charge on any atom is 0.276 e. The van der Waals surface area contributed by atoms with Crippen molar-refractivity contribution >= 4 is 17.3 Å². The Morgan fingerprint density at radius 3 is 2.95 bits per heavy atom. The monoisotopic (exact) mass is 262 g/mol. The van der Waals surface area contributed by atoms with Gasteiger partial charge in [0.1, 0.15) is 11.5 Å². The predicted molar refractivity (Wildman–Crippen MR) is 71.4 cm³/mol. The van der Waals surface area contributed by atoms with Gasteiger partial charge in [-0.15, -0.1) is 0 Å². The van der Waals surface area contributed by atoms with E-state index in [-0.39, 0.29) is 17.1 Å². The molecule has 0 aliphatic carbocycles. The Kier molecular flexibility index (Phi) is 3.50. The van der Waals surface area contributed by atoms with Gasteiger partial charge in [0.15, 0.2) is 0 Å². The van der Waals surface area contributed by atoms with Gasteiger partial charge in [0, 0.05) is 6.54 Å². The zero-order valence-electron chi connectivity index (χ0n) is 10.8. The molecule has 0 atom stereocenters. The van der Waals surface area contributed by atoms with Crippen molar-refractivity contribution in [3.05, 3.63) is 41.5 Å². The van der Waals surface area contributed by atoms with Crippen LogP contribution >= 0.6 is 0 Å². The zero-order chi connectivity index (χ0) is 14.0. The smallest absolute Gasteiger partial charge is 0.276 e. The Morgan fingerprint density at radius 2 is 2.26 bits per heavy atom.